The molecular weight excluding hydrogens is 573 g/mol. The molecule has 0 radical (unpaired) electrons. The van der Waals surface area contributed by atoms with Crippen LogP contribution >= 0.6 is 23.2 Å². The van der Waals surface area contributed by atoms with E-state index in [2.05, 4.69) is 0 Å². The van der Waals surface area contributed by atoms with Gasteiger partial charge in [-0.25, -0.2) is 14.2 Å². The van der Waals surface area contributed by atoms with Crippen LogP contribution in [0.3, 0.4) is 0 Å². The number of fused-ring (bicyclic) bond motifs is 2. The van der Waals surface area contributed by atoms with Crippen molar-refractivity contribution in [2.24, 2.45) is 0 Å². The topological polar surface area (TPSA) is 120 Å². The van der Waals surface area contributed by atoms with E-state index < -0.39 is 39.9 Å². The smallest absolute Gasteiger partial charge is 0.365 e. The molecule has 2 aliphatic heterocycles. The Morgan fingerprint density at radius 2 is 1.68 bits per heavy atom. The Kier molecular flexibility index (Phi) is 7.23. The summed E-state index contributed by atoms with van der Waals surface area (Å²) < 4.78 is 8.20. The highest BCUT2D eigenvalue weighted by Gasteiger charge is 2.35. The first kappa shape index (κ1) is 28.1. The number of halogens is 2. The second-order valence-electron chi connectivity index (χ2n) is 9.86. The Hall–Kier alpha value is -4.41. The molecule has 0 saturated carbocycles. The van der Waals surface area contributed by atoms with Crippen LogP contribution in [0.15, 0.2) is 46.9 Å². The molecule has 10 nitrogen and oxygen atoms in total. The first-order valence-electron chi connectivity index (χ1n) is 12.4. The van der Waals surface area contributed by atoms with Gasteiger partial charge in [0, 0.05) is 66.8 Å². The summed E-state index contributed by atoms with van der Waals surface area (Å²) in [5.74, 6) is -3.57. The number of carbonyl (C=O) groups excluding carboxylic acids is 3. The quantitative estimate of drug-likeness (QED) is 0.203. The third-order valence-electron chi connectivity index (χ3n) is 6.80. The van der Waals surface area contributed by atoms with Gasteiger partial charge in [0.15, 0.2) is 0 Å². The highest BCUT2D eigenvalue weighted by molar-refractivity contribution is 6.41. The molecular formula is C29H24Cl2N3O7+. The van der Waals surface area contributed by atoms with Crippen LogP contribution in [-0.4, -0.2) is 62.1 Å². The second-order valence-corrected chi connectivity index (χ2v) is 10.6. The molecule has 1 aliphatic carbocycles. The minimum atomic E-state index is -1.45. The zero-order chi connectivity index (χ0) is 29.7. The molecule has 1 saturated heterocycles. The van der Waals surface area contributed by atoms with Gasteiger partial charge in [-0.3, -0.25) is 9.59 Å². The van der Waals surface area contributed by atoms with Gasteiger partial charge in [-0.15, -0.1) is 5.06 Å². The summed E-state index contributed by atoms with van der Waals surface area (Å²) in [6, 6.07) is 12.1. The number of aromatic carboxylic acids is 1. The largest absolute Gasteiger partial charge is 0.478 e. The van der Waals surface area contributed by atoms with E-state index in [0.717, 1.165) is 11.0 Å². The van der Waals surface area contributed by atoms with Crippen LogP contribution in [0, 0.1) is 0 Å². The maximum Gasteiger partial charge on any atom is 0.365 e. The molecule has 2 aromatic carbocycles. The van der Waals surface area contributed by atoms with Crippen molar-refractivity contribution in [3.8, 4) is 22.5 Å². The number of benzene rings is 3. The molecule has 0 atom stereocenters. The average molecular weight is 597 g/mol. The maximum absolute atomic E-state index is 13.0. The number of hydrogen-bond donors (Lipinski definition) is 1. The van der Waals surface area contributed by atoms with Crippen molar-refractivity contribution < 1.29 is 33.5 Å². The Morgan fingerprint density at radius 3 is 2.29 bits per heavy atom. The molecule has 210 valence electrons. The number of anilines is 1. The van der Waals surface area contributed by atoms with E-state index in [9.17, 15) is 24.3 Å². The molecule has 0 spiro atoms. The van der Waals surface area contributed by atoms with E-state index in [0.29, 0.717) is 32.9 Å². The van der Waals surface area contributed by atoms with E-state index in [1.165, 1.54) is 6.07 Å². The Bertz CT molecular complexity index is 1820. The monoisotopic (exact) mass is 596 g/mol. The van der Waals surface area contributed by atoms with Gasteiger partial charge in [0.05, 0.1) is 27.2 Å². The zero-order valence-electron chi connectivity index (χ0n) is 22.4. The van der Waals surface area contributed by atoms with Crippen molar-refractivity contribution >= 4 is 63.6 Å². The first-order chi connectivity index (χ1) is 19.4. The van der Waals surface area contributed by atoms with Crippen molar-refractivity contribution in [3.63, 3.8) is 0 Å². The summed E-state index contributed by atoms with van der Waals surface area (Å²) in [5.41, 5.74) is 1.51. The molecule has 2 aromatic rings. The van der Waals surface area contributed by atoms with Crippen LogP contribution in [0.1, 0.15) is 33.6 Å². The van der Waals surface area contributed by atoms with Gasteiger partial charge in [-0.2, -0.15) is 0 Å². The van der Waals surface area contributed by atoms with Crippen molar-refractivity contribution in [2.75, 3.05) is 33.1 Å². The SMILES string of the molecule is CN(C)c1ccc2c(-c3c(Cl)cc(C(=O)ON4C(=O)CCC4=O)c(Cl)c3C(=O)O)c3ccc(=[N+](C)C)cc-3oc2c1. The number of carbonyl (C=O) groups is 4. The van der Waals surface area contributed by atoms with Crippen LogP contribution in [-0.2, 0) is 14.4 Å². The average Bonchev–Trinajstić information content (AvgIpc) is 3.23. The minimum absolute atomic E-state index is 0.0649. The van der Waals surface area contributed by atoms with E-state index in [4.69, 9.17) is 32.5 Å². The normalized spacial score (nSPS) is 13.3. The molecule has 12 heteroatoms. The van der Waals surface area contributed by atoms with E-state index >= 15 is 0 Å². The van der Waals surface area contributed by atoms with Crippen LogP contribution in [0.4, 0.5) is 5.69 Å². The number of rotatable bonds is 5. The van der Waals surface area contributed by atoms with Gasteiger partial charge in [0.2, 0.25) is 5.36 Å². The lowest BCUT2D eigenvalue weighted by atomic mass is 9.89. The van der Waals surface area contributed by atoms with Gasteiger partial charge in [0.1, 0.15) is 25.4 Å². The number of carboxylic acids is 1. The van der Waals surface area contributed by atoms with Crippen LogP contribution in [0.5, 0.6) is 0 Å². The van der Waals surface area contributed by atoms with Crippen molar-refractivity contribution in [1.29, 1.82) is 0 Å². The highest BCUT2D eigenvalue weighted by Crippen LogP contribution is 2.47. The number of amides is 2. The zero-order valence-corrected chi connectivity index (χ0v) is 24.0. The lowest BCUT2D eigenvalue weighted by Gasteiger charge is -2.21. The molecule has 2 heterocycles. The van der Waals surface area contributed by atoms with Gasteiger partial charge < -0.3 is 19.3 Å². The molecule has 2 amide bonds. The molecule has 0 aromatic heterocycles. The summed E-state index contributed by atoms with van der Waals surface area (Å²) in [6.07, 6.45) is -0.214. The lowest BCUT2D eigenvalue weighted by molar-refractivity contribution is -0.172. The molecule has 5 rings (SSSR count). The lowest BCUT2D eigenvalue weighted by Crippen LogP contribution is -2.32. The van der Waals surface area contributed by atoms with E-state index in [1.54, 1.807) is 12.1 Å². The standard InChI is InChI=1S/C29H23Cl2N3O7/c1-32(2)14-5-7-16-20(11-14)40-21-12-15(33(3)4)6-8-17(21)24(16)25-19(30)13-18(27(31)26(25)28(37)38)29(39)41-34-22(35)9-10-23(34)36/h5-8,11-13H,9-10H2,1-4H3/p+1. The third-order valence-corrected chi connectivity index (χ3v) is 7.49. The van der Waals surface area contributed by atoms with Crippen molar-refractivity contribution in [2.45, 2.75) is 12.8 Å². The second kappa shape index (κ2) is 10.5. The molecule has 41 heavy (non-hydrogen) atoms. The van der Waals surface area contributed by atoms with Gasteiger partial charge in [-0.1, -0.05) is 23.2 Å². The van der Waals surface area contributed by atoms with E-state index in [-0.39, 0.29) is 23.4 Å². The fourth-order valence-electron chi connectivity index (χ4n) is 4.70. The summed E-state index contributed by atoms with van der Waals surface area (Å²) in [4.78, 5) is 56.5. The number of nitrogens with zero attached hydrogens (tertiary/aromatic N) is 3. The fourth-order valence-corrected chi connectivity index (χ4v) is 5.31. The highest BCUT2D eigenvalue weighted by atomic mass is 35.5. The van der Waals surface area contributed by atoms with Crippen LogP contribution in [0.25, 0.3) is 33.4 Å². The van der Waals surface area contributed by atoms with Gasteiger partial charge in [-0.05, 0) is 24.3 Å². The third kappa shape index (κ3) is 4.89. The predicted octanol–water partition coefficient (Wildman–Crippen LogP) is 4.53. The molecule has 0 unspecified atom stereocenters. The predicted molar refractivity (Wildman–Crippen MR) is 153 cm³/mol. The van der Waals surface area contributed by atoms with Gasteiger partial charge in [0.25, 0.3) is 11.8 Å². The summed E-state index contributed by atoms with van der Waals surface area (Å²) in [7, 11) is 7.53. The van der Waals surface area contributed by atoms with Gasteiger partial charge >= 0.3 is 11.9 Å². The molecule has 3 aliphatic rings. The number of carboxylic acid groups (broad SMARTS) is 1. The maximum atomic E-state index is 13.0. The van der Waals surface area contributed by atoms with Crippen molar-refractivity contribution in [1.82, 2.24) is 9.64 Å². The molecule has 1 N–H and O–H groups in total. The number of hydrogen-bond acceptors (Lipinski definition) is 7. The number of imide groups is 1. The molecule has 0 bridgehead atoms. The summed E-state index contributed by atoms with van der Waals surface area (Å²) >= 11 is 13.3. The number of hydroxylamine groups is 2. The molecule has 1 fully saturated rings. The first-order valence-corrected chi connectivity index (χ1v) is 13.2. The Labute approximate surface area is 243 Å². The Balaban J connectivity index is 1.81. The fraction of sp³-hybridized carbons (Fsp3) is 0.207. The van der Waals surface area contributed by atoms with Crippen LogP contribution < -0.4 is 14.8 Å². The summed E-state index contributed by atoms with van der Waals surface area (Å²) in [5, 5.41) is 11.5. The minimum Gasteiger partial charge on any atom is -0.478 e. The Morgan fingerprint density at radius 1 is 1.00 bits per heavy atom. The van der Waals surface area contributed by atoms with E-state index in [1.807, 2.05) is 61.9 Å². The summed E-state index contributed by atoms with van der Waals surface area (Å²) in [6.45, 7) is 0. The van der Waals surface area contributed by atoms with Crippen LogP contribution in [0.2, 0.25) is 10.0 Å². The van der Waals surface area contributed by atoms with Crippen molar-refractivity contribution in [3.05, 3.63) is 69.0 Å².